The van der Waals surface area contributed by atoms with E-state index in [1.807, 2.05) is 24.0 Å². The number of benzene rings is 1. The highest BCUT2D eigenvalue weighted by molar-refractivity contribution is 5.84. The van der Waals surface area contributed by atoms with Gasteiger partial charge in [-0.1, -0.05) is 36.8 Å². The number of hydrogen-bond donors (Lipinski definition) is 1. The molecule has 1 atom stereocenters. The third kappa shape index (κ3) is 3.47. The second-order valence-electron chi connectivity index (χ2n) is 7.44. The zero-order chi connectivity index (χ0) is 17.2. The van der Waals surface area contributed by atoms with E-state index < -0.39 is 0 Å². The molecular formula is C20H26N4O. The van der Waals surface area contributed by atoms with Crippen LogP contribution in [-0.4, -0.2) is 33.4 Å². The number of aryl methyl sites for hydroxylation is 1. The Balaban J connectivity index is 1.49. The predicted octanol–water partition coefficient (Wildman–Crippen LogP) is 2.44. The Morgan fingerprint density at radius 1 is 1.28 bits per heavy atom. The minimum absolute atomic E-state index is 0.139. The van der Waals surface area contributed by atoms with E-state index in [-0.39, 0.29) is 11.8 Å². The second-order valence-corrected chi connectivity index (χ2v) is 7.44. The average Bonchev–Trinajstić information content (AvgIpc) is 2.95. The Morgan fingerprint density at radius 3 is 2.80 bits per heavy atom. The van der Waals surface area contributed by atoms with Gasteiger partial charge in [-0.2, -0.15) is 0 Å². The quantitative estimate of drug-likeness (QED) is 0.911. The van der Waals surface area contributed by atoms with Gasteiger partial charge in [-0.25, -0.2) is 4.98 Å². The van der Waals surface area contributed by atoms with Crippen LogP contribution in [0.5, 0.6) is 0 Å². The molecule has 25 heavy (non-hydrogen) atoms. The van der Waals surface area contributed by atoms with Crippen LogP contribution in [0.25, 0.3) is 0 Å². The number of hydrogen-bond acceptors (Lipinski definition) is 3. The summed E-state index contributed by atoms with van der Waals surface area (Å²) >= 11 is 0. The van der Waals surface area contributed by atoms with Crippen molar-refractivity contribution in [1.29, 1.82) is 0 Å². The van der Waals surface area contributed by atoms with Crippen LogP contribution in [0, 0.1) is 5.92 Å². The molecule has 4 rings (SSSR count). The Labute approximate surface area is 149 Å². The molecule has 0 spiro atoms. The van der Waals surface area contributed by atoms with E-state index >= 15 is 0 Å². The minimum Gasteiger partial charge on any atom is -0.355 e. The van der Waals surface area contributed by atoms with E-state index in [2.05, 4.69) is 39.5 Å². The van der Waals surface area contributed by atoms with Gasteiger partial charge < -0.3 is 9.88 Å². The number of nitrogens with one attached hydrogen (secondary N) is 1. The van der Waals surface area contributed by atoms with Crippen molar-refractivity contribution < 1.29 is 4.79 Å². The summed E-state index contributed by atoms with van der Waals surface area (Å²) < 4.78 is 2.02. The molecule has 1 saturated carbocycles. The molecule has 2 aromatic rings. The van der Waals surface area contributed by atoms with Gasteiger partial charge in [0, 0.05) is 33.2 Å². The lowest BCUT2D eigenvalue weighted by atomic mass is 9.85. The van der Waals surface area contributed by atoms with Crippen LogP contribution in [-0.2, 0) is 24.9 Å². The molecule has 0 radical (unpaired) electrons. The van der Waals surface area contributed by atoms with Crippen molar-refractivity contribution in [2.75, 3.05) is 13.1 Å². The van der Waals surface area contributed by atoms with Gasteiger partial charge >= 0.3 is 0 Å². The molecule has 0 saturated heterocycles. The third-order valence-electron chi connectivity index (χ3n) is 5.56. The highest BCUT2D eigenvalue weighted by Crippen LogP contribution is 2.29. The first kappa shape index (κ1) is 16.3. The number of nitrogens with zero attached hydrogens (tertiary/aromatic N) is 3. The summed E-state index contributed by atoms with van der Waals surface area (Å²) in [5.41, 5.74) is 3.39. The van der Waals surface area contributed by atoms with Crippen LogP contribution in [0.15, 0.2) is 36.7 Å². The lowest BCUT2D eigenvalue weighted by Gasteiger charge is -2.33. The monoisotopic (exact) mass is 338 g/mol. The molecule has 1 aliphatic heterocycles. The smallest absolute Gasteiger partial charge is 0.230 e. The fraction of sp³-hybridized carbons (Fsp3) is 0.500. The first-order valence-electron chi connectivity index (χ1n) is 9.25. The van der Waals surface area contributed by atoms with E-state index in [0.29, 0.717) is 5.92 Å². The number of fused-ring (bicyclic) bond motifs is 1. The van der Waals surface area contributed by atoms with Crippen molar-refractivity contribution in [3.8, 4) is 0 Å². The van der Waals surface area contributed by atoms with Gasteiger partial charge in [0.25, 0.3) is 0 Å². The first-order valence-corrected chi connectivity index (χ1v) is 9.25. The molecule has 1 N–H and O–H groups in total. The summed E-state index contributed by atoms with van der Waals surface area (Å²) in [5, 5.41) is 3.19. The molecular weight excluding hydrogens is 312 g/mol. The maximum Gasteiger partial charge on any atom is 0.230 e. The number of amides is 1. The van der Waals surface area contributed by atoms with Gasteiger partial charge in [0.05, 0.1) is 23.6 Å². The van der Waals surface area contributed by atoms with Gasteiger partial charge in [-0.15, -0.1) is 0 Å². The van der Waals surface area contributed by atoms with Gasteiger partial charge in [0.1, 0.15) is 0 Å². The van der Waals surface area contributed by atoms with Crippen molar-refractivity contribution in [2.24, 2.45) is 13.0 Å². The summed E-state index contributed by atoms with van der Waals surface area (Å²) in [4.78, 5) is 19.8. The van der Waals surface area contributed by atoms with Crippen molar-refractivity contribution >= 4 is 5.91 Å². The third-order valence-corrected chi connectivity index (χ3v) is 5.56. The number of imidazole rings is 1. The summed E-state index contributed by atoms with van der Waals surface area (Å²) in [6, 6.07) is 10.4. The topological polar surface area (TPSA) is 50.2 Å². The van der Waals surface area contributed by atoms with Crippen molar-refractivity contribution in [2.45, 2.75) is 38.3 Å². The van der Waals surface area contributed by atoms with Crippen LogP contribution in [0.4, 0.5) is 0 Å². The maximum atomic E-state index is 12.9. The molecule has 0 bridgehead atoms. The standard InChI is InChI=1S/C20H26N4O/c1-23-14-22-18-13-24(11-16-6-3-2-4-7-16)12-17(19(18)23)20(25)21-10-15-8-5-9-15/h2-4,6-7,14-15,17H,5,8-13H2,1H3,(H,21,25). The van der Waals surface area contributed by atoms with Crippen molar-refractivity contribution in [3.63, 3.8) is 0 Å². The Morgan fingerprint density at radius 2 is 2.08 bits per heavy atom. The van der Waals surface area contributed by atoms with E-state index in [1.54, 1.807) is 0 Å². The van der Waals surface area contributed by atoms with Crippen LogP contribution < -0.4 is 5.32 Å². The Kier molecular flexibility index (Phi) is 4.57. The molecule has 2 heterocycles. The molecule has 132 valence electrons. The zero-order valence-corrected chi connectivity index (χ0v) is 14.8. The molecule has 1 fully saturated rings. The first-order chi connectivity index (χ1) is 12.2. The molecule has 1 unspecified atom stereocenters. The summed E-state index contributed by atoms with van der Waals surface area (Å²) in [7, 11) is 1.99. The Bertz CT molecular complexity index is 735. The maximum absolute atomic E-state index is 12.9. The van der Waals surface area contributed by atoms with Gasteiger partial charge in [-0.3, -0.25) is 9.69 Å². The highest BCUT2D eigenvalue weighted by atomic mass is 16.1. The van der Waals surface area contributed by atoms with E-state index in [9.17, 15) is 4.79 Å². The van der Waals surface area contributed by atoms with Crippen LogP contribution in [0.2, 0.25) is 0 Å². The molecule has 1 aliphatic carbocycles. The SMILES string of the molecule is Cn1cnc2c1C(C(=O)NCC1CCC1)CN(Cc1ccccc1)C2. The van der Waals surface area contributed by atoms with Crippen LogP contribution in [0.1, 0.15) is 42.1 Å². The van der Waals surface area contributed by atoms with Gasteiger partial charge in [0.15, 0.2) is 0 Å². The lowest BCUT2D eigenvalue weighted by molar-refractivity contribution is -0.123. The second kappa shape index (κ2) is 7.00. The minimum atomic E-state index is -0.139. The molecule has 5 heteroatoms. The largest absolute Gasteiger partial charge is 0.355 e. The number of rotatable bonds is 5. The van der Waals surface area contributed by atoms with Crippen LogP contribution in [0.3, 0.4) is 0 Å². The van der Waals surface area contributed by atoms with E-state index in [1.165, 1.54) is 24.8 Å². The number of carbonyl (C=O) groups excluding carboxylic acids is 1. The van der Waals surface area contributed by atoms with Crippen LogP contribution >= 0.6 is 0 Å². The number of carbonyl (C=O) groups is 1. The lowest BCUT2D eigenvalue weighted by Crippen LogP contribution is -2.43. The zero-order valence-electron chi connectivity index (χ0n) is 14.8. The summed E-state index contributed by atoms with van der Waals surface area (Å²) in [6.45, 7) is 3.22. The summed E-state index contributed by atoms with van der Waals surface area (Å²) in [6.07, 6.45) is 5.65. The summed E-state index contributed by atoms with van der Waals surface area (Å²) in [5.74, 6) is 0.688. The molecule has 1 aromatic heterocycles. The fourth-order valence-corrected chi connectivity index (χ4v) is 3.91. The van der Waals surface area contributed by atoms with Crippen molar-refractivity contribution in [1.82, 2.24) is 19.8 Å². The molecule has 2 aliphatic rings. The van der Waals surface area contributed by atoms with Gasteiger partial charge in [0.2, 0.25) is 5.91 Å². The fourth-order valence-electron chi connectivity index (χ4n) is 3.91. The average molecular weight is 338 g/mol. The van der Waals surface area contributed by atoms with Gasteiger partial charge in [-0.05, 0) is 24.3 Å². The predicted molar refractivity (Wildman–Crippen MR) is 96.9 cm³/mol. The molecule has 1 aromatic carbocycles. The normalized spacial score (nSPS) is 20.8. The van der Waals surface area contributed by atoms with E-state index in [4.69, 9.17) is 0 Å². The highest BCUT2D eigenvalue weighted by Gasteiger charge is 2.34. The number of aromatic nitrogens is 2. The van der Waals surface area contributed by atoms with Crippen molar-refractivity contribution in [3.05, 3.63) is 53.6 Å². The van der Waals surface area contributed by atoms with E-state index in [0.717, 1.165) is 37.6 Å². The molecule has 5 nitrogen and oxygen atoms in total. The molecule has 1 amide bonds. The Hall–Kier alpha value is -2.14.